The van der Waals surface area contributed by atoms with E-state index in [1.54, 1.807) is 6.20 Å². The van der Waals surface area contributed by atoms with E-state index >= 15 is 0 Å². The van der Waals surface area contributed by atoms with Gasteiger partial charge in [0.05, 0.1) is 0 Å². The van der Waals surface area contributed by atoms with Crippen molar-refractivity contribution in [3.05, 3.63) is 53.9 Å². The Balaban J connectivity index is 1.99. The molecule has 1 aromatic heterocycles. The predicted octanol–water partition coefficient (Wildman–Crippen LogP) is 3.68. The molecule has 0 bridgehead atoms. The van der Waals surface area contributed by atoms with Crippen LogP contribution >= 0.6 is 0 Å². The third kappa shape index (κ3) is 2.68. The molecule has 1 atom stereocenters. The van der Waals surface area contributed by atoms with E-state index in [9.17, 15) is 4.79 Å². The van der Waals surface area contributed by atoms with Gasteiger partial charge in [0, 0.05) is 24.3 Å². The van der Waals surface area contributed by atoms with Crippen molar-refractivity contribution in [1.29, 1.82) is 0 Å². The number of nitrogens with zero attached hydrogens (tertiary/aromatic N) is 2. The average molecular weight is 280 g/mol. The first kappa shape index (κ1) is 13.8. The van der Waals surface area contributed by atoms with Gasteiger partial charge in [0.25, 0.3) is 5.91 Å². The minimum Gasteiger partial charge on any atom is -0.335 e. The van der Waals surface area contributed by atoms with Crippen LogP contribution in [0.5, 0.6) is 0 Å². The Bertz CT molecular complexity index is 649. The second kappa shape index (κ2) is 5.68. The van der Waals surface area contributed by atoms with Crippen LogP contribution in [0.2, 0.25) is 0 Å². The van der Waals surface area contributed by atoms with Gasteiger partial charge in [0.15, 0.2) is 0 Å². The summed E-state index contributed by atoms with van der Waals surface area (Å²) in [5, 5.41) is 0. The highest BCUT2D eigenvalue weighted by atomic mass is 16.2. The highest BCUT2D eigenvalue weighted by Gasteiger charge is 2.28. The summed E-state index contributed by atoms with van der Waals surface area (Å²) in [5.41, 5.74) is 3.74. The van der Waals surface area contributed by atoms with E-state index in [2.05, 4.69) is 43.1 Å². The van der Waals surface area contributed by atoms with Crippen molar-refractivity contribution in [3.8, 4) is 11.1 Å². The number of benzene rings is 1. The number of hydrogen-bond acceptors (Lipinski definition) is 2. The van der Waals surface area contributed by atoms with Gasteiger partial charge in [-0.1, -0.05) is 35.9 Å². The molecular weight excluding hydrogens is 260 g/mol. The van der Waals surface area contributed by atoms with Gasteiger partial charge in [-0.05, 0) is 38.3 Å². The summed E-state index contributed by atoms with van der Waals surface area (Å²) in [5.74, 6) is 0.0520. The van der Waals surface area contributed by atoms with Crippen LogP contribution < -0.4 is 0 Å². The topological polar surface area (TPSA) is 33.2 Å². The molecule has 1 fully saturated rings. The van der Waals surface area contributed by atoms with Crippen molar-refractivity contribution in [3.63, 3.8) is 0 Å². The quantitative estimate of drug-likeness (QED) is 0.840. The van der Waals surface area contributed by atoms with Crippen LogP contribution in [0.3, 0.4) is 0 Å². The number of carbonyl (C=O) groups is 1. The Morgan fingerprint density at radius 3 is 2.67 bits per heavy atom. The van der Waals surface area contributed by atoms with Gasteiger partial charge in [-0.15, -0.1) is 0 Å². The lowest BCUT2D eigenvalue weighted by molar-refractivity contribution is 0.0742. The van der Waals surface area contributed by atoms with E-state index in [1.807, 2.05) is 17.0 Å². The molecule has 1 aliphatic rings. The van der Waals surface area contributed by atoms with Crippen molar-refractivity contribution in [2.45, 2.75) is 32.7 Å². The molecule has 0 saturated carbocycles. The third-order valence-electron chi connectivity index (χ3n) is 4.19. The van der Waals surface area contributed by atoms with Crippen molar-refractivity contribution in [2.75, 3.05) is 6.54 Å². The van der Waals surface area contributed by atoms with Gasteiger partial charge in [-0.25, -0.2) is 0 Å². The lowest BCUT2D eigenvalue weighted by Gasteiger charge is -2.22. The molecule has 0 aliphatic carbocycles. The maximum Gasteiger partial charge on any atom is 0.273 e. The van der Waals surface area contributed by atoms with Crippen molar-refractivity contribution in [2.24, 2.45) is 0 Å². The number of aromatic nitrogens is 1. The van der Waals surface area contributed by atoms with Crippen LogP contribution in [-0.4, -0.2) is 28.4 Å². The van der Waals surface area contributed by atoms with Crippen LogP contribution in [0.1, 0.15) is 35.8 Å². The number of likely N-dealkylation sites (tertiary alicyclic amines) is 1. The molecule has 3 nitrogen and oxygen atoms in total. The molecule has 3 heteroatoms. The molecule has 2 aromatic rings. The highest BCUT2D eigenvalue weighted by Crippen LogP contribution is 2.26. The van der Waals surface area contributed by atoms with Crippen molar-refractivity contribution < 1.29 is 4.79 Å². The van der Waals surface area contributed by atoms with Crippen LogP contribution in [0.4, 0.5) is 0 Å². The number of amides is 1. The summed E-state index contributed by atoms with van der Waals surface area (Å²) in [7, 11) is 0. The maximum absolute atomic E-state index is 12.8. The molecule has 0 spiro atoms. The Morgan fingerprint density at radius 2 is 2.00 bits per heavy atom. The number of hydrogen-bond donors (Lipinski definition) is 0. The van der Waals surface area contributed by atoms with Gasteiger partial charge in [-0.3, -0.25) is 9.78 Å². The predicted molar refractivity (Wildman–Crippen MR) is 84.1 cm³/mol. The standard InChI is InChI=1S/C18H20N2O/c1-13-7-9-15(10-8-13)16-6-3-11-19-17(16)18(21)20-12-4-5-14(20)2/h3,6-11,14H,4-5,12H2,1-2H3. The second-order valence-electron chi connectivity index (χ2n) is 5.76. The van der Waals surface area contributed by atoms with Gasteiger partial charge >= 0.3 is 0 Å². The largest absolute Gasteiger partial charge is 0.335 e. The fourth-order valence-electron chi connectivity index (χ4n) is 2.91. The SMILES string of the molecule is Cc1ccc(-c2cccnc2C(=O)N2CCCC2C)cc1. The summed E-state index contributed by atoms with van der Waals surface area (Å²) >= 11 is 0. The molecule has 0 radical (unpaired) electrons. The van der Waals surface area contributed by atoms with Crippen LogP contribution in [0.25, 0.3) is 11.1 Å². The van der Waals surface area contributed by atoms with Crippen molar-refractivity contribution in [1.82, 2.24) is 9.88 Å². The fraction of sp³-hybridized carbons (Fsp3) is 0.333. The lowest BCUT2D eigenvalue weighted by Crippen LogP contribution is -2.34. The molecule has 3 rings (SSSR count). The first-order chi connectivity index (χ1) is 10.2. The summed E-state index contributed by atoms with van der Waals surface area (Å²) in [4.78, 5) is 19.1. The second-order valence-corrected chi connectivity index (χ2v) is 5.76. The average Bonchev–Trinajstić information content (AvgIpc) is 2.93. The summed E-state index contributed by atoms with van der Waals surface area (Å²) in [6, 6.07) is 12.4. The summed E-state index contributed by atoms with van der Waals surface area (Å²) < 4.78 is 0. The smallest absolute Gasteiger partial charge is 0.273 e. The molecule has 1 aliphatic heterocycles. The monoisotopic (exact) mass is 280 g/mol. The highest BCUT2D eigenvalue weighted by molar-refractivity contribution is 5.99. The van der Waals surface area contributed by atoms with Gasteiger partial charge in [0.1, 0.15) is 5.69 Å². The molecule has 0 N–H and O–H groups in total. The van der Waals surface area contributed by atoms with E-state index in [4.69, 9.17) is 0 Å². The van der Waals surface area contributed by atoms with E-state index in [1.165, 1.54) is 5.56 Å². The zero-order valence-electron chi connectivity index (χ0n) is 12.5. The minimum absolute atomic E-state index is 0.0520. The van der Waals surface area contributed by atoms with E-state index in [0.29, 0.717) is 11.7 Å². The van der Waals surface area contributed by atoms with Gasteiger partial charge in [0.2, 0.25) is 0 Å². The lowest BCUT2D eigenvalue weighted by atomic mass is 10.0. The Labute approximate surface area is 125 Å². The first-order valence-electron chi connectivity index (χ1n) is 7.50. The Kier molecular flexibility index (Phi) is 3.74. The first-order valence-corrected chi connectivity index (χ1v) is 7.50. The molecular formula is C18H20N2O. The Hall–Kier alpha value is -2.16. The van der Waals surface area contributed by atoms with Crippen LogP contribution in [0.15, 0.2) is 42.6 Å². The van der Waals surface area contributed by atoms with E-state index < -0.39 is 0 Å². The zero-order valence-corrected chi connectivity index (χ0v) is 12.5. The molecule has 21 heavy (non-hydrogen) atoms. The normalized spacial score (nSPS) is 18.0. The summed E-state index contributed by atoms with van der Waals surface area (Å²) in [6.45, 7) is 5.01. The van der Waals surface area contributed by atoms with Gasteiger partial charge in [-0.2, -0.15) is 0 Å². The van der Waals surface area contributed by atoms with Crippen LogP contribution in [0, 0.1) is 6.92 Å². The minimum atomic E-state index is 0.0520. The molecule has 1 saturated heterocycles. The molecule has 1 unspecified atom stereocenters. The molecule has 2 heterocycles. The van der Waals surface area contributed by atoms with Gasteiger partial charge < -0.3 is 4.90 Å². The maximum atomic E-state index is 12.8. The number of carbonyl (C=O) groups excluding carboxylic acids is 1. The molecule has 108 valence electrons. The fourth-order valence-corrected chi connectivity index (χ4v) is 2.91. The zero-order chi connectivity index (χ0) is 14.8. The van der Waals surface area contributed by atoms with Crippen LogP contribution in [-0.2, 0) is 0 Å². The number of aryl methyl sites for hydroxylation is 1. The number of pyridine rings is 1. The van der Waals surface area contributed by atoms with E-state index in [0.717, 1.165) is 30.5 Å². The Morgan fingerprint density at radius 1 is 1.24 bits per heavy atom. The van der Waals surface area contributed by atoms with Crippen molar-refractivity contribution >= 4 is 5.91 Å². The molecule has 1 aromatic carbocycles. The van der Waals surface area contributed by atoms with E-state index in [-0.39, 0.29) is 5.91 Å². The number of rotatable bonds is 2. The molecule has 1 amide bonds. The summed E-state index contributed by atoms with van der Waals surface area (Å²) in [6.07, 6.45) is 3.86. The third-order valence-corrected chi connectivity index (χ3v) is 4.19.